The molecule has 122 valence electrons. The second-order valence-electron chi connectivity index (χ2n) is 4.29. The summed E-state index contributed by atoms with van der Waals surface area (Å²) in [6.45, 7) is 0.683. The number of imidazole rings is 1. The average molecular weight is 321 g/mol. The van der Waals surface area contributed by atoms with E-state index in [0.717, 1.165) is 30.3 Å². The van der Waals surface area contributed by atoms with Gasteiger partial charge in [-0.2, -0.15) is 0 Å². The Morgan fingerprint density at radius 3 is 2.13 bits per heavy atom. The number of hydrogen-bond acceptors (Lipinski definition) is 5. The van der Waals surface area contributed by atoms with E-state index in [4.69, 9.17) is 21.1 Å². The van der Waals surface area contributed by atoms with Gasteiger partial charge in [0.25, 0.3) is 0 Å². The molecular weight excluding hydrogens is 306 g/mol. The standard InChI is InChI=1S/C9H6O6.C5H9N3/c10-7(11)4-1-2-5(8(12)13)6(3-4)9(14)15;6-2-1-5-3-7-4-8-5/h1-3H,(H,10,11)(H,12,13)(H,14,15);3-4H,1-2,6H2,(H,7,8). The summed E-state index contributed by atoms with van der Waals surface area (Å²) in [6.07, 6.45) is 4.33. The Balaban J connectivity index is 0.000000277. The van der Waals surface area contributed by atoms with Crippen molar-refractivity contribution >= 4 is 17.9 Å². The second-order valence-corrected chi connectivity index (χ2v) is 4.29. The van der Waals surface area contributed by atoms with Crippen LogP contribution >= 0.6 is 0 Å². The molecule has 0 saturated carbocycles. The van der Waals surface area contributed by atoms with Crippen LogP contribution in [0.3, 0.4) is 0 Å². The van der Waals surface area contributed by atoms with Gasteiger partial charge in [-0.15, -0.1) is 0 Å². The minimum Gasteiger partial charge on any atom is -0.478 e. The fourth-order valence-corrected chi connectivity index (χ4v) is 1.62. The van der Waals surface area contributed by atoms with E-state index in [0.29, 0.717) is 6.54 Å². The monoisotopic (exact) mass is 321 g/mol. The van der Waals surface area contributed by atoms with Crippen LogP contribution in [0.25, 0.3) is 0 Å². The van der Waals surface area contributed by atoms with Gasteiger partial charge < -0.3 is 26.0 Å². The molecule has 0 bridgehead atoms. The predicted octanol–water partition coefficient (Wildman–Crippen LogP) is 0.692. The first-order valence-corrected chi connectivity index (χ1v) is 6.38. The van der Waals surface area contributed by atoms with E-state index in [1.165, 1.54) is 0 Å². The number of carboxylic acids is 3. The lowest BCUT2D eigenvalue weighted by atomic mass is 10.0. The van der Waals surface area contributed by atoms with E-state index in [1.807, 2.05) is 0 Å². The quantitative estimate of drug-likeness (QED) is 0.536. The molecule has 2 aromatic rings. The number of nitrogens with zero attached hydrogens (tertiary/aromatic N) is 1. The van der Waals surface area contributed by atoms with E-state index in [1.54, 1.807) is 12.5 Å². The Morgan fingerprint density at radius 1 is 1.04 bits per heavy atom. The van der Waals surface area contributed by atoms with Crippen molar-refractivity contribution in [3.63, 3.8) is 0 Å². The van der Waals surface area contributed by atoms with Gasteiger partial charge in [-0.05, 0) is 24.7 Å². The molecule has 0 aliphatic heterocycles. The van der Waals surface area contributed by atoms with Gasteiger partial charge in [0.1, 0.15) is 0 Å². The Morgan fingerprint density at radius 2 is 1.70 bits per heavy atom. The first kappa shape index (κ1) is 17.9. The number of rotatable bonds is 5. The molecule has 0 unspecified atom stereocenters. The Bertz CT molecular complexity index is 697. The summed E-state index contributed by atoms with van der Waals surface area (Å²) in [5.74, 6) is -4.20. The van der Waals surface area contributed by atoms with Crippen molar-refractivity contribution in [2.75, 3.05) is 6.54 Å². The van der Waals surface area contributed by atoms with Crippen molar-refractivity contribution in [2.45, 2.75) is 6.42 Å². The zero-order chi connectivity index (χ0) is 17.4. The third kappa shape index (κ3) is 5.25. The lowest BCUT2D eigenvalue weighted by Gasteiger charge is -2.02. The highest BCUT2D eigenvalue weighted by Gasteiger charge is 2.17. The van der Waals surface area contributed by atoms with E-state index in [2.05, 4.69) is 9.97 Å². The van der Waals surface area contributed by atoms with Gasteiger partial charge in [0.2, 0.25) is 0 Å². The third-order valence-corrected chi connectivity index (χ3v) is 2.70. The number of aromatic carboxylic acids is 3. The molecule has 0 atom stereocenters. The normalized spacial score (nSPS) is 9.61. The van der Waals surface area contributed by atoms with Gasteiger partial charge in [-0.3, -0.25) is 0 Å². The van der Waals surface area contributed by atoms with E-state index in [9.17, 15) is 14.4 Å². The highest BCUT2D eigenvalue weighted by Crippen LogP contribution is 2.12. The van der Waals surface area contributed by atoms with Gasteiger partial charge in [0.05, 0.1) is 23.0 Å². The van der Waals surface area contributed by atoms with E-state index >= 15 is 0 Å². The average Bonchev–Trinajstić information content (AvgIpc) is 3.00. The topological polar surface area (TPSA) is 167 Å². The molecule has 6 N–H and O–H groups in total. The van der Waals surface area contributed by atoms with Gasteiger partial charge in [0, 0.05) is 18.3 Å². The molecule has 2 rings (SSSR count). The minimum atomic E-state index is -1.48. The molecule has 23 heavy (non-hydrogen) atoms. The molecule has 9 heteroatoms. The summed E-state index contributed by atoms with van der Waals surface area (Å²) >= 11 is 0. The van der Waals surface area contributed by atoms with Crippen LogP contribution in [0.5, 0.6) is 0 Å². The number of aromatic amines is 1. The number of benzene rings is 1. The van der Waals surface area contributed by atoms with Crippen LogP contribution in [0.1, 0.15) is 36.8 Å². The molecule has 0 amide bonds. The van der Waals surface area contributed by atoms with Crippen LogP contribution in [-0.4, -0.2) is 49.7 Å². The molecule has 0 fully saturated rings. The van der Waals surface area contributed by atoms with Crippen molar-refractivity contribution in [1.82, 2.24) is 9.97 Å². The van der Waals surface area contributed by atoms with Gasteiger partial charge in [-0.1, -0.05) is 0 Å². The second kappa shape index (κ2) is 8.29. The van der Waals surface area contributed by atoms with Crippen molar-refractivity contribution in [3.05, 3.63) is 53.1 Å². The summed E-state index contributed by atoms with van der Waals surface area (Å²) < 4.78 is 0. The SMILES string of the molecule is NCCc1cnc[nH]1.O=C(O)c1ccc(C(=O)O)c(C(=O)O)c1. The molecule has 0 aliphatic carbocycles. The lowest BCUT2D eigenvalue weighted by Crippen LogP contribution is -2.10. The highest BCUT2D eigenvalue weighted by molar-refractivity contribution is 6.03. The maximum Gasteiger partial charge on any atom is 0.336 e. The Kier molecular flexibility index (Phi) is 6.44. The van der Waals surface area contributed by atoms with Crippen LogP contribution in [0.15, 0.2) is 30.7 Å². The molecular formula is C14H15N3O6. The summed E-state index contributed by atoms with van der Waals surface area (Å²) in [7, 11) is 0. The van der Waals surface area contributed by atoms with Gasteiger partial charge >= 0.3 is 17.9 Å². The molecule has 0 aliphatic rings. The lowest BCUT2D eigenvalue weighted by molar-refractivity contribution is 0.0649. The fourth-order valence-electron chi connectivity index (χ4n) is 1.62. The Hall–Kier alpha value is -3.20. The largest absolute Gasteiger partial charge is 0.478 e. The minimum absolute atomic E-state index is 0.266. The van der Waals surface area contributed by atoms with Crippen molar-refractivity contribution < 1.29 is 29.7 Å². The first-order chi connectivity index (χ1) is 10.9. The number of aromatic nitrogens is 2. The smallest absolute Gasteiger partial charge is 0.336 e. The van der Waals surface area contributed by atoms with Crippen molar-refractivity contribution in [2.24, 2.45) is 5.73 Å². The molecule has 1 heterocycles. The maximum atomic E-state index is 10.6. The fraction of sp³-hybridized carbons (Fsp3) is 0.143. The summed E-state index contributed by atoms with van der Waals surface area (Å²) in [4.78, 5) is 38.5. The number of nitrogens with two attached hydrogens (primary N) is 1. The highest BCUT2D eigenvalue weighted by atomic mass is 16.4. The maximum absolute atomic E-state index is 10.6. The van der Waals surface area contributed by atoms with E-state index < -0.39 is 29.0 Å². The summed E-state index contributed by atoms with van der Waals surface area (Å²) in [5.41, 5.74) is 5.13. The molecule has 1 aromatic carbocycles. The third-order valence-electron chi connectivity index (χ3n) is 2.70. The van der Waals surface area contributed by atoms with Gasteiger partial charge in [0.15, 0.2) is 0 Å². The Labute approximate surface area is 130 Å². The van der Waals surface area contributed by atoms with Gasteiger partial charge in [-0.25, -0.2) is 19.4 Å². The van der Waals surface area contributed by atoms with E-state index in [-0.39, 0.29) is 5.56 Å². The number of H-pyrrole nitrogens is 1. The number of carbonyl (C=O) groups is 3. The molecule has 0 radical (unpaired) electrons. The van der Waals surface area contributed by atoms with Crippen LogP contribution in [0.2, 0.25) is 0 Å². The molecule has 1 aromatic heterocycles. The number of nitrogens with one attached hydrogen (secondary N) is 1. The van der Waals surface area contributed by atoms with Crippen molar-refractivity contribution in [1.29, 1.82) is 0 Å². The molecule has 9 nitrogen and oxygen atoms in total. The first-order valence-electron chi connectivity index (χ1n) is 6.38. The van der Waals surface area contributed by atoms with Crippen LogP contribution in [0, 0.1) is 0 Å². The zero-order valence-electron chi connectivity index (χ0n) is 11.9. The number of carboxylic acid groups (broad SMARTS) is 3. The summed E-state index contributed by atoms with van der Waals surface area (Å²) in [5, 5.41) is 25.9. The summed E-state index contributed by atoms with van der Waals surface area (Å²) in [6, 6.07) is 2.81. The van der Waals surface area contributed by atoms with Crippen LogP contribution in [-0.2, 0) is 6.42 Å². The van der Waals surface area contributed by atoms with Crippen LogP contribution in [0.4, 0.5) is 0 Å². The molecule has 0 saturated heterocycles. The predicted molar refractivity (Wildman–Crippen MR) is 78.7 cm³/mol. The van der Waals surface area contributed by atoms with Crippen LogP contribution < -0.4 is 5.73 Å². The number of hydrogen-bond donors (Lipinski definition) is 5. The van der Waals surface area contributed by atoms with Crippen molar-refractivity contribution in [3.8, 4) is 0 Å². The molecule has 0 spiro atoms. The zero-order valence-corrected chi connectivity index (χ0v) is 11.9.